The highest BCUT2D eigenvalue weighted by atomic mass is 32.2. The Hall–Kier alpha value is -3.39. The molecule has 152 valence electrons. The second-order valence-electron chi connectivity index (χ2n) is 6.39. The Morgan fingerprint density at radius 2 is 1.93 bits per heavy atom. The molecule has 0 radical (unpaired) electrons. The molecule has 0 fully saturated rings. The molecule has 8 heteroatoms. The van der Waals surface area contributed by atoms with Gasteiger partial charge >= 0.3 is 0 Å². The fourth-order valence-corrected chi connectivity index (χ4v) is 3.68. The lowest BCUT2D eigenvalue weighted by Crippen LogP contribution is -2.14. The molecule has 4 rings (SSSR count). The van der Waals surface area contributed by atoms with Crippen LogP contribution in [-0.4, -0.2) is 32.9 Å². The second-order valence-corrected chi connectivity index (χ2v) is 7.36. The number of nitrogens with zero attached hydrogens (tertiary/aromatic N) is 3. The molecule has 2 heterocycles. The normalized spacial score (nSPS) is 10.9. The van der Waals surface area contributed by atoms with E-state index in [1.807, 2.05) is 37.3 Å². The molecule has 6 nitrogen and oxygen atoms in total. The van der Waals surface area contributed by atoms with Gasteiger partial charge in [0.2, 0.25) is 5.91 Å². The summed E-state index contributed by atoms with van der Waals surface area (Å²) in [6.07, 6.45) is 3.43. The van der Waals surface area contributed by atoms with Crippen molar-refractivity contribution < 1.29 is 13.9 Å². The van der Waals surface area contributed by atoms with Gasteiger partial charge in [0.25, 0.3) is 0 Å². The minimum absolute atomic E-state index is 0.174. The number of anilines is 1. The third-order valence-corrected chi connectivity index (χ3v) is 5.28. The first kappa shape index (κ1) is 19.9. The molecule has 0 saturated heterocycles. The van der Waals surface area contributed by atoms with Crippen molar-refractivity contribution in [2.45, 2.75) is 11.9 Å². The maximum Gasteiger partial charge on any atom is 0.234 e. The van der Waals surface area contributed by atoms with Crippen molar-refractivity contribution in [3.63, 3.8) is 0 Å². The monoisotopic (exact) mass is 422 g/mol. The number of halogens is 1. The molecule has 1 N–H and O–H groups in total. The van der Waals surface area contributed by atoms with Crippen LogP contribution in [0.15, 0.2) is 72.0 Å². The van der Waals surface area contributed by atoms with E-state index in [2.05, 4.69) is 15.4 Å². The molecule has 0 bridgehead atoms. The molecular formula is C22H19FN4O2S. The van der Waals surface area contributed by atoms with Gasteiger partial charge < -0.3 is 10.1 Å². The molecular weight excluding hydrogens is 403 g/mol. The van der Waals surface area contributed by atoms with E-state index in [9.17, 15) is 9.18 Å². The Morgan fingerprint density at radius 1 is 1.17 bits per heavy atom. The average molecular weight is 422 g/mol. The Balaban J connectivity index is 1.48. The van der Waals surface area contributed by atoms with Gasteiger partial charge in [-0.1, -0.05) is 11.8 Å². The second kappa shape index (κ2) is 8.96. The number of rotatable bonds is 7. The van der Waals surface area contributed by atoms with Crippen LogP contribution < -0.4 is 10.1 Å². The fraction of sp³-hybridized carbons (Fsp3) is 0.136. The number of carbonyl (C=O) groups is 1. The zero-order valence-corrected chi connectivity index (χ0v) is 17.0. The van der Waals surface area contributed by atoms with Gasteiger partial charge in [-0.15, -0.1) is 0 Å². The maximum absolute atomic E-state index is 13.0. The number of nitrogens with one attached hydrogen (secondary N) is 1. The lowest BCUT2D eigenvalue weighted by atomic mass is 10.1. The highest BCUT2D eigenvalue weighted by Crippen LogP contribution is 2.27. The summed E-state index contributed by atoms with van der Waals surface area (Å²) in [6, 6.07) is 15.4. The Labute approximate surface area is 177 Å². The van der Waals surface area contributed by atoms with Crippen molar-refractivity contribution in [2.24, 2.45) is 0 Å². The van der Waals surface area contributed by atoms with Crippen molar-refractivity contribution in [1.82, 2.24) is 14.6 Å². The van der Waals surface area contributed by atoms with Crippen LogP contribution >= 0.6 is 11.8 Å². The van der Waals surface area contributed by atoms with E-state index >= 15 is 0 Å². The lowest BCUT2D eigenvalue weighted by Gasteiger charge is -2.05. The molecule has 0 unspecified atom stereocenters. The standard InChI is InChI=1S/C22H19FN4O2S/c1-2-29-18-9-3-15(4-10-18)19-13-20-22(24-11-12-27(20)26-19)30-14-21(28)25-17-7-5-16(23)6-8-17/h3-13H,2,14H2,1H3,(H,25,28). The van der Waals surface area contributed by atoms with Crippen LogP contribution in [0.4, 0.5) is 10.1 Å². The van der Waals surface area contributed by atoms with Crippen molar-refractivity contribution >= 4 is 28.9 Å². The molecule has 2 aromatic carbocycles. The highest BCUT2D eigenvalue weighted by Gasteiger charge is 2.12. The van der Waals surface area contributed by atoms with Gasteiger partial charge in [0.1, 0.15) is 16.6 Å². The van der Waals surface area contributed by atoms with E-state index in [4.69, 9.17) is 4.74 Å². The van der Waals surface area contributed by atoms with E-state index in [1.54, 1.807) is 16.9 Å². The van der Waals surface area contributed by atoms with Gasteiger partial charge in [-0.05, 0) is 61.5 Å². The minimum Gasteiger partial charge on any atom is -0.494 e. The van der Waals surface area contributed by atoms with Gasteiger partial charge in [-0.3, -0.25) is 4.79 Å². The number of carbonyl (C=O) groups excluding carboxylic acids is 1. The number of hydrogen-bond acceptors (Lipinski definition) is 5. The summed E-state index contributed by atoms with van der Waals surface area (Å²) in [5.74, 6) is 0.451. The van der Waals surface area contributed by atoms with E-state index in [1.165, 1.54) is 36.0 Å². The number of aromatic nitrogens is 3. The van der Waals surface area contributed by atoms with Gasteiger partial charge in [-0.25, -0.2) is 13.9 Å². The number of amides is 1. The fourth-order valence-electron chi connectivity index (χ4n) is 2.90. The molecule has 0 aliphatic rings. The zero-order valence-electron chi connectivity index (χ0n) is 16.2. The van der Waals surface area contributed by atoms with E-state index in [0.29, 0.717) is 17.3 Å². The Kier molecular flexibility index (Phi) is 5.94. The zero-order chi connectivity index (χ0) is 20.9. The first-order chi connectivity index (χ1) is 14.6. The number of thioether (sulfide) groups is 1. The highest BCUT2D eigenvalue weighted by molar-refractivity contribution is 8.00. The summed E-state index contributed by atoms with van der Waals surface area (Å²) in [4.78, 5) is 16.6. The molecule has 4 aromatic rings. The SMILES string of the molecule is CCOc1ccc(-c2cc3c(SCC(=O)Nc4ccc(F)cc4)nccn3n2)cc1. The number of hydrogen-bond donors (Lipinski definition) is 1. The average Bonchev–Trinajstić information content (AvgIpc) is 3.20. The summed E-state index contributed by atoms with van der Waals surface area (Å²) < 4.78 is 20.2. The summed E-state index contributed by atoms with van der Waals surface area (Å²) in [7, 11) is 0. The minimum atomic E-state index is -0.345. The quantitative estimate of drug-likeness (QED) is 0.439. The van der Waals surface area contributed by atoms with Gasteiger partial charge in [0.15, 0.2) is 0 Å². The van der Waals surface area contributed by atoms with Crippen molar-refractivity contribution in [3.8, 4) is 17.0 Å². The van der Waals surface area contributed by atoms with Crippen LogP contribution in [0.25, 0.3) is 16.8 Å². The van der Waals surface area contributed by atoms with Crippen LogP contribution in [0.1, 0.15) is 6.92 Å². The van der Waals surface area contributed by atoms with Crippen molar-refractivity contribution in [1.29, 1.82) is 0 Å². The van der Waals surface area contributed by atoms with Crippen LogP contribution in [0.3, 0.4) is 0 Å². The van der Waals surface area contributed by atoms with E-state index < -0.39 is 0 Å². The number of fused-ring (bicyclic) bond motifs is 1. The predicted molar refractivity (Wildman–Crippen MR) is 115 cm³/mol. The molecule has 0 atom stereocenters. The van der Waals surface area contributed by atoms with Crippen LogP contribution in [0.2, 0.25) is 0 Å². The smallest absolute Gasteiger partial charge is 0.234 e. The molecule has 0 aliphatic carbocycles. The van der Waals surface area contributed by atoms with Crippen LogP contribution in [-0.2, 0) is 4.79 Å². The topological polar surface area (TPSA) is 68.5 Å². The summed E-state index contributed by atoms with van der Waals surface area (Å²) >= 11 is 1.32. The van der Waals surface area contributed by atoms with Crippen LogP contribution in [0.5, 0.6) is 5.75 Å². The molecule has 0 saturated carbocycles. The Bertz CT molecular complexity index is 1160. The lowest BCUT2D eigenvalue weighted by molar-refractivity contribution is -0.113. The molecule has 30 heavy (non-hydrogen) atoms. The molecule has 0 aliphatic heterocycles. The third-order valence-electron chi connectivity index (χ3n) is 4.28. The molecule has 0 spiro atoms. The van der Waals surface area contributed by atoms with Crippen molar-refractivity contribution in [2.75, 3.05) is 17.7 Å². The molecule has 2 aromatic heterocycles. The third kappa shape index (κ3) is 4.60. The Morgan fingerprint density at radius 3 is 2.67 bits per heavy atom. The van der Waals surface area contributed by atoms with Crippen LogP contribution in [0, 0.1) is 5.82 Å². The maximum atomic E-state index is 13.0. The first-order valence-corrected chi connectivity index (χ1v) is 10.4. The largest absolute Gasteiger partial charge is 0.494 e. The van der Waals surface area contributed by atoms with Gasteiger partial charge in [0, 0.05) is 23.6 Å². The first-order valence-electron chi connectivity index (χ1n) is 9.38. The van der Waals surface area contributed by atoms with Crippen molar-refractivity contribution in [3.05, 3.63) is 72.8 Å². The number of ether oxygens (including phenoxy) is 1. The molecule has 1 amide bonds. The predicted octanol–water partition coefficient (Wildman–Crippen LogP) is 4.66. The summed E-state index contributed by atoms with van der Waals surface area (Å²) in [6.45, 7) is 2.57. The van der Waals surface area contributed by atoms with E-state index in [0.717, 1.165) is 22.5 Å². The van der Waals surface area contributed by atoms with Gasteiger partial charge in [-0.2, -0.15) is 5.10 Å². The summed E-state index contributed by atoms with van der Waals surface area (Å²) in [5.41, 5.74) is 3.15. The van der Waals surface area contributed by atoms with Gasteiger partial charge in [0.05, 0.1) is 23.6 Å². The number of benzene rings is 2. The summed E-state index contributed by atoms with van der Waals surface area (Å²) in [5, 5.41) is 8.06. The van der Waals surface area contributed by atoms with E-state index in [-0.39, 0.29) is 17.5 Å².